The molecule has 2 fully saturated rings. The van der Waals surface area contributed by atoms with Crippen molar-refractivity contribution in [1.29, 1.82) is 0 Å². The van der Waals surface area contributed by atoms with Crippen LogP contribution in [0.1, 0.15) is 61.8 Å². The number of aromatic nitrogens is 2. The van der Waals surface area contributed by atoms with Gasteiger partial charge in [0.1, 0.15) is 11.6 Å². The number of hydrogen-bond donors (Lipinski definition) is 2. The van der Waals surface area contributed by atoms with Crippen molar-refractivity contribution in [2.75, 3.05) is 33.8 Å². The predicted octanol–water partition coefficient (Wildman–Crippen LogP) is 2.63. The maximum Gasteiger partial charge on any atom is 0.326 e. The third-order valence-corrected chi connectivity index (χ3v) is 7.57. The molecule has 8 nitrogen and oxygen atoms in total. The number of methoxy groups -OCH3 is 1. The molecule has 9 heteroatoms. The number of Topliss-reactive ketones (excluding diaryl/α,β-unsaturated/α-hetero) is 1. The molecule has 1 amide bonds. The molecule has 1 aliphatic heterocycles. The number of rotatable bonds is 6. The van der Waals surface area contributed by atoms with E-state index in [1.165, 1.54) is 19.2 Å². The molecule has 2 aliphatic rings. The van der Waals surface area contributed by atoms with Gasteiger partial charge in [-0.25, -0.2) is 9.18 Å². The van der Waals surface area contributed by atoms with Crippen LogP contribution in [0.15, 0.2) is 16.9 Å². The topological polar surface area (TPSA) is 96.4 Å². The summed E-state index contributed by atoms with van der Waals surface area (Å²) in [5, 5.41) is 2.41. The highest BCUT2D eigenvalue weighted by atomic mass is 19.1. The summed E-state index contributed by atoms with van der Waals surface area (Å²) in [5.41, 5.74) is 0.389. The highest BCUT2D eigenvalue weighted by Gasteiger charge is 2.34. The third kappa shape index (κ3) is 4.75. The molecule has 2 N–H and O–H groups in total. The molecular formula is C24H33FN4O4. The summed E-state index contributed by atoms with van der Waals surface area (Å²) in [6, 6.07) is 2.55. The van der Waals surface area contributed by atoms with Gasteiger partial charge in [0.05, 0.1) is 28.7 Å². The summed E-state index contributed by atoms with van der Waals surface area (Å²) in [4.78, 5) is 42.3. The molecule has 1 aromatic carbocycles. The van der Waals surface area contributed by atoms with E-state index in [1.54, 1.807) is 11.7 Å². The zero-order valence-corrected chi connectivity index (χ0v) is 19.6. The number of amides is 1. The minimum Gasteiger partial charge on any atom is -0.379 e. The van der Waals surface area contributed by atoms with Crippen LogP contribution in [-0.2, 0) is 9.53 Å². The lowest BCUT2D eigenvalue weighted by molar-refractivity contribution is -0.127. The molecule has 0 radical (unpaired) electrons. The van der Waals surface area contributed by atoms with Crippen molar-refractivity contribution in [3.05, 3.63) is 34.0 Å². The maximum absolute atomic E-state index is 14.5. The number of likely N-dealkylation sites (tertiary alicyclic amines) is 1. The first kappa shape index (κ1) is 23.6. The number of benzene rings is 1. The van der Waals surface area contributed by atoms with Crippen LogP contribution in [0.5, 0.6) is 0 Å². The molecule has 0 unspecified atom stereocenters. The van der Waals surface area contributed by atoms with Gasteiger partial charge in [-0.1, -0.05) is 0 Å². The molecule has 2 heterocycles. The quantitative estimate of drug-likeness (QED) is 0.691. The summed E-state index contributed by atoms with van der Waals surface area (Å²) in [7, 11) is 3.17. The van der Waals surface area contributed by atoms with Crippen LogP contribution in [0, 0.1) is 11.7 Å². The average Bonchev–Trinajstić information content (AvgIpc) is 3.13. The monoisotopic (exact) mass is 460 g/mol. The van der Waals surface area contributed by atoms with E-state index in [2.05, 4.69) is 22.1 Å². The van der Waals surface area contributed by atoms with Crippen LogP contribution in [-0.4, -0.2) is 65.5 Å². The number of nitrogens with one attached hydrogen (secondary N) is 2. The molecule has 33 heavy (non-hydrogen) atoms. The van der Waals surface area contributed by atoms with E-state index in [1.807, 2.05) is 0 Å². The van der Waals surface area contributed by atoms with Gasteiger partial charge < -0.3 is 15.0 Å². The molecule has 1 saturated carbocycles. The lowest BCUT2D eigenvalue weighted by Crippen LogP contribution is -2.42. The fraction of sp³-hybridized carbons (Fsp3) is 0.625. The summed E-state index contributed by atoms with van der Waals surface area (Å²) < 4.78 is 21.7. The van der Waals surface area contributed by atoms with Crippen molar-refractivity contribution in [3.63, 3.8) is 0 Å². The van der Waals surface area contributed by atoms with Crippen LogP contribution in [0.2, 0.25) is 0 Å². The Kier molecular flexibility index (Phi) is 6.72. The zero-order valence-electron chi connectivity index (χ0n) is 19.6. The van der Waals surface area contributed by atoms with E-state index in [4.69, 9.17) is 4.74 Å². The summed E-state index contributed by atoms with van der Waals surface area (Å²) in [6.07, 6.45) is 4.95. The van der Waals surface area contributed by atoms with Gasteiger partial charge in [0.25, 0.3) is 5.91 Å². The van der Waals surface area contributed by atoms with Gasteiger partial charge in [-0.05, 0) is 51.5 Å². The first-order valence-corrected chi connectivity index (χ1v) is 11.7. The number of fused-ring (bicyclic) bond motifs is 1. The van der Waals surface area contributed by atoms with Crippen molar-refractivity contribution in [2.45, 2.75) is 57.1 Å². The second kappa shape index (κ2) is 9.38. The summed E-state index contributed by atoms with van der Waals surface area (Å²) in [5.74, 6) is -0.806. The standard InChI is InChI=1S/C24H33FN4O4/c1-24(33-3)8-4-15(5-9-24)21(30)14-28-10-6-16(7-11-28)29-20-13-18(25)17(22(31)26-2)12-19(20)27-23(29)32/h12-13,15-16H,4-11,14H2,1-3H3,(H,26,31)(H,27,32). The number of aromatic amines is 1. The fourth-order valence-corrected chi connectivity index (χ4v) is 5.26. The van der Waals surface area contributed by atoms with Crippen LogP contribution >= 0.6 is 0 Å². The van der Waals surface area contributed by atoms with Crippen molar-refractivity contribution >= 4 is 22.7 Å². The average molecular weight is 461 g/mol. The second-order valence-corrected chi connectivity index (χ2v) is 9.63. The number of H-pyrrole nitrogens is 1. The third-order valence-electron chi connectivity index (χ3n) is 7.57. The minimum atomic E-state index is -0.658. The van der Waals surface area contributed by atoms with Crippen molar-refractivity contribution in [2.24, 2.45) is 5.92 Å². The van der Waals surface area contributed by atoms with Crippen LogP contribution < -0.4 is 11.0 Å². The fourth-order valence-electron chi connectivity index (χ4n) is 5.26. The molecule has 0 atom stereocenters. The van der Waals surface area contributed by atoms with Crippen molar-refractivity contribution < 1.29 is 18.7 Å². The van der Waals surface area contributed by atoms with Crippen molar-refractivity contribution in [1.82, 2.24) is 19.8 Å². The highest BCUT2D eigenvalue weighted by Crippen LogP contribution is 2.35. The summed E-state index contributed by atoms with van der Waals surface area (Å²) in [6.45, 7) is 3.96. The molecule has 0 bridgehead atoms. The molecule has 1 aromatic heterocycles. The van der Waals surface area contributed by atoms with Gasteiger partial charge in [0, 0.05) is 45.3 Å². The number of carbonyl (C=O) groups is 2. The first-order valence-electron chi connectivity index (χ1n) is 11.7. The molecule has 180 valence electrons. The van der Waals surface area contributed by atoms with E-state index in [0.717, 1.165) is 25.7 Å². The zero-order chi connectivity index (χ0) is 23.8. The van der Waals surface area contributed by atoms with E-state index < -0.39 is 11.7 Å². The van der Waals surface area contributed by atoms with Crippen LogP contribution in [0.4, 0.5) is 4.39 Å². The van der Waals surface area contributed by atoms with Gasteiger partial charge in [-0.2, -0.15) is 0 Å². The largest absolute Gasteiger partial charge is 0.379 e. The second-order valence-electron chi connectivity index (χ2n) is 9.63. The smallest absolute Gasteiger partial charge is 0.326 e. The lowest BCUT2D eigenvalue weighted by atomic mass is 9.78. The van der Waals surface area contributed by atoms with Gasteiger partial charge in [-0.15, -0.1) is 0 Å². The van der Waals surface area contributed by atoms with Crippen molar-refractivity contribution in [3.8, 4) is 0 Å². The van der Waals surface area contributed by atoms with Gasteiger partial charge in [-0.3, -0.25) is 19.1 Å². The number of halogens is 1. The number of ether oxygens (including phenoxy) is 1. The molecule has 1 aliphatic carbocycles. The first-order chi connectivity index (χ1) is 15.7. The number of hydrogen-bond acceptors (Lipinski definition) is 5. The number of nitrogens with zero attached hydrogens (tertiary/aromatic N) is 2. The Hall–Kier alpha value is -2.52. The SMILES string of the molecule is CNC(=O)c1cc2[nH]c(=O)n(C3CCN(CC(=O)C4CCC(C)(OC)CC4)CC3)c2cc1F. The number of ketones is 1. The van der Waals surface area contributed by atoms with Gasteiger partial charge in [0.15, 0.2) is 0 Å². The molecular weight excluding hydrogens is 427 g/mol. The van der Waals surface area contributed by atoms with Crippen LogP contribution in [0.25, 0.3) is 11.0 Å². The van der Waals surface area contributed by atoms with E-state index >= 15 is 0 Å². The number of carbonyl (C=O) groups excluding carboxylic acids is 2. The van der Waals surface area contributed by atoms with Gasteiger partial charge >= 0.3 is 5.69 Å². The molecule has 4 rings (SSSR count). The number of imidazole rings is 1. The van der Waals surface area contributed by atoms with Gasteiger partial charge in [0.2, 0.25) is 0 Å². The Morgan fingerprint density at radius 2 is 1.88 bits per heavy atom. The Balaban J connectivity index is 1.39. The molecule has 1 saturated heterocycles. The minimum absolute atomic E-state index is 0.0834. The Morgan fingerprint density at radius 1 is 1.21 bits per heavy atom. The maximum atomic E-state index is 14.5. The lowest BCUT2D eigenvalue weighted by Gasteiger charge is -2.37. The number of piperidine rings is 1. The Morgan fingerprint density at radius 3 is 2.48 bits per heavy atom. The predicted molar refractivity (Wildman–Crippen MR) is 123 cm³/mol. The molecule has 2 aromatic rings. The molecule has 0 spiro atoms. The summed E-state index contributed by atoms with van der Waals surface area (Å²) >= 11 is 0. The van der Waals surface area contributed by atoms with E-state index in [-0.39, 0.29) is 28.8 Å². The van der Waals surface area contributed by atoms with E-state index in [9.17, 15) is 18.8 Å². The normalized spacial score (nSPS) is 24.8. The Bertz CT molecular complexity index is 1090. The van der Waals surface area contributed by atoms with E-state index in [0.29, 0.717) is 49.3 Å². The van der Waals surface area contributed by atoms with Crippen LogP contribution in [0.3, 0.4) is 0 Å². The Labute approximate surface area is 192 Å². The highest BCUT2D eigenvalue weighted by molar-refractivity contribution is 5.97.